The molecule has 1 amide bonds. The molecule has 5 rings (SSSR count). The zero-order valence-electron chi connectivity index (χ0n) is 22.8. The summed E-state index contributed by atoms with van der Waals surface area (Å²) in [7, 11) is 0. The fraction of sp³-hybridized carbons (Fsp3) is 0.300. The number of nitrogens with zero attached hydrogens (tertiary/aromatic N) is 4. The monoisotopic (exact) mass is 580 g/mol. The van der Waals surface area contributed by atoms with Gasteiger partial charge in [-0.1, -0.05) is 31.2 Å². The van der Waals surface area contributed by atoms with Crippen LogP contribution in [0.3, 0.4) is 0 Å². The van der Waals surface area contributed by atoms with Crippen molar-refractivity contribution in [1.29, 1.82) is 0 Å². The van der Waals surface area contributed by atoms with Gasteiger partial charge in [-0.05, 0) is 54.4 Å². The first-order valence-corrected chi connectivity index (χ1v) is 14.2. The minimum absolute atomic E-state index is 0.0987. The quantitative estimate of drug-likeness (QED) is 0.272. The van der Waals surface area contributed by atoms with Gasteiger partial charge in [0.25, 0.3) is 5.91 Å². The van der Waals surface area contributed by atoms with Crippen molar-refractivity contribution in [3.05, 3.63) is 81.5 Å². The van der Waals surface area contributed by atoms with Gasteiger partial charge in [-0.25, -0.2) is 9.97 Å². The Kier molecular flexibility index (Phi) is 8.39. The number of nitrogens with one attached hydrogen (secondary N) is 1. The number of hydrogen-bond donors (Lipinski definition) is 2. The average Bonchev–Trinajstić information content (AvgIpc) is 3.37. The van der Waals surface area contributed by atoms with Crippen LogP contribution in [0.5, 0.6) is 0 Å². The number of nitrogens with two attached hydrogens (primary N) is 1. The lowest BCUT2D eigenvalue weighted by molar-refractivity contribution is -0.138. The highest BCUT2D eigenvalue weighted by molar-refractivity contribution is 7.18. The summed E-state index contributed by atoms with van der Waals surface area (Å²) in [5.74, 6) is -0.0660. The number of aryl methyl sites for hydroxylation is 1. The van der Waals surface area contributed by atoms with Gasteiger partial charge in [-0.2, -0.15) is 13.2 Å². The van der Waals surface area contributed by atoms with E-state index in [-0.39, 0.29) is 17.8 Å². The van der Waals surface area contributed by atoms with Gasteiger partial charge in [0.1, 0.15) is 12.1 Å². The Morgan fingerprint density at radius 3 is 2.51 bits per heavy atom. The van der Waals surface area contributed by atoms with Crippen LogP contribution >= 0.6 is 11.3 Å². The number of amides is 1. The molecule has 2 aromatic heterocycles. The molecule has 1 saturated heterocycles. The van der Waals surface area contributed by atoms with E-state index in [0.29, 0.717) is 11.4 Å². The molecule has 0 atom stereocenters. The second-order valence-electron chi connectivity index (χ2n) is 10.1. The molecular formula is C30H31F3N6OS. The highest BCUT2D eigenvalue weighted by Crippen LogP contribution is 2.35. The number of piperazine rings is 1. The van der Waals surface area contributed by atoms with Gasteiger partial charge in [0, 0.05) is 54.9 Å². The van der Waals surface area contributed by atoms with Crippen molar-refractivity contribution in [3.8, 4) is 0 Å². The third-order valence-corrected chi connectivity index (χ3v) is 8.38. The molecule has 0 spiro atoms. The summed E-state index contributed by atoms with van der Waals surface area (Å²) < 4.78 is 42.9. The van der Waals surface area contributed by atoms with E-state index >= 15 is 0 Å². The molecule has 1 fully saturated rings. The number of fused-ring (bicyclic) bond motifs is 1. The van der Waals surface area contributed by atoms with E-state index in [1.54, 1.807) is 12.1 Å². The molecule has 41 heavy (non-hydrogen) atoms. The number of likely N-dealkylation sites (N-methyl/N-ethyl adjacent to an activating group) is 1. The van der Waals surface area contributed by atoms with E-state index in [9.17, 15) is 18.0 Å². The minimum atomic E-state index is -4.54. The summed E-state index contributed by atoms with van der Waals surface area (Å²) in [6.07, 6.45) is 0.654. The van der Waals surface area contributed by atoms with Gasteiger partial charge in [-0.3, -0.25) is 9.69 Å². The van der Waals surface area contributed by atoms with Crippen molar-refractivity contribution in [2.75, 3.05) is 43.8 Å². The number of carbonyl (C=O) groups excluding carboxylic acids is 1. The molecule has 3 heterocycles. The van der Waals surface area contributed by atoms with Crippen LogP contribution in [-0.4, -0.2) is 58.4 Å². The zero-order chi connectivity index (χ0) is 29.1. The minimum Gasteiger partial charge on any atom is -0.382 e. The van der Waals surface area contributed by atoms with E-state index in [0.717, 1.165) is 65.7 Å². The summed E-state index contributed by atoms with van der Waals surface area (Å²) in [5.41, 5.74) is 9.21. The Bertz CT molecular complexity index is 1590. The molecule has 3 N–H and O–H groups in total. The van der Waals surface area contributed by atoms with Crippen molar-refractivity contribution in [1.82, 2.24) is 19.8 Å². The molecule has 0 radical (unpaired) electrons. The molecule has 1 aliphatic heterocycles. The van der Waals surface area contributed by atoms with Gasteiger partial charge in [0.2, 0.25) is 0 Å². The molecule has 0 saturated carbocycles. The normalized spacial score (nSPS) is 15.1. The van der Waals surface area contributed by atoms with Crippen molar-refractivity contribution in [2.45, 2.75) is 26.6 Å². The number of alkyl halides is 3. The molecule has 0 aliphatic carbocycles. The van der Waals surface area contributed by atoms with Crippen molar-refractivity contribution in [2.24, 2.45) is 0 Å². The SMILES string of the molecule is CCN1CCN(Cc2ccc(NC(=O)c3ccc(C)c(/C=C/c4csc5c(N)ncnc45)c3)cc2C(F)(F)F)CC1. The van der Waals surface area contributed by atoms with Crippen molar-refractivity contribution < 1.29 is 18.0 Å². The molecular weight excluding hydrogens is 549 g/mol. The standard InChI is InChI=1S/C30H31F3N6OS/c1-3-38-10-12-39(13-11-38)16-22-8-9-24(15-25(22)30(31,32)33)37-29(40)21-5-4-19(2)20(14-21)6-7-23-17-41-27-26(23)35-18-36-28(27)34/h4-9,14-15,17-18H,3,10-13,16H2,1-2H3,(H,37,40)(H2,34,35,36)/b7-6+. The predicted molar refractivity (Wildman–Crippen MR) is 159 cm³/mol. The number of aromatic nitrogens is 2. The van der Waals surface area contributed by atoms with Crippen LogP contribution in [0, 0.1) is 6.92 Å². The lowest BCUT2D eigenvalue weighted by Gasteiger charge is -2.34. The first-order chi connectivity index (χ1) is 19.6. The predicted octanol–water partition coefficient (Wildman–Crippen LogP) is 6.16. The summed E-state index contributed by atoms with van der Waals surface area (Å²) in [6, 6.07) is 9.21. The van der Waals surface area contributed by atoms with Gasteiger partial charge >= 0.3 is 6.18 Å². The number of thiophene rings is 1. The van der Waals surface area contributed by atoms with Crippen LogP contribution in [0.1, 0.15) is 45.1 Å². The van der Waals surface area contributed by atoms with E-state index < -0.39 is 17.6 Å². The smallest absolute Gasteiger partial charge is 0.382 e. The maximum atomic E-state index is 14.0. The van der Waals surface area contributed by atoms with E-state index in [4.69, 9.17) is 5.73 Å². The van der Waals surface area contributed by atoms with Gasteiger partial charge in [0.05, 0.1) is 15.8 Å². The summed E-state index contributed by atoms with van der Waals surface area (Å²) >= 11 is 1.45. The molecule has 4 aromatic rings. The van der Waals surface area contributed by atoms with Gasteiger partial charge in [0.15, 0.2) is 0 Å². The number of rotatable bonds is 7. The number of nitrogen functional groups attached to an aromatic ring is 1. The Balaban J connectivity index is 1.33. The second-order valence-corrected chi connectivity index (χ2v) is 10.9. The van der Waals surface area contributed by atoms with Crippen LogP contribution in [0.2, 0.25) is 0 Å². The average molecular weight is 581 g/mol. The lowest BCUT2D eigenvalue weighted by Crippen LogP contribution is -2.45. The van der Waals surface area contributed by atoms with E-state index in [2.05, 4.69) is 27.1 Å². The Morgan fingerprint density at radius 2 is 1.78 bits per heavy atom. The topological polar surface area (TPSA) is 87.4 Å². The number of halogens is 3. The number of anilines is 2. The van der Waals surface area contributed by atoms with Crippen molar-refractivity contribution in [3.63, 3.8) is 0 Å². The number of carbonyl (C=O) groups is 1. The molecule has 11 heteroatoms. The van der Waals surface area contributed by atoms with Crippen LogP contribution in [0.4, 0.5) is 24.7 Å². The first-order valence-electron chi connectivity index (χ1n) is 13.3. The summed E-state index contributed by atoms with van der Waals surface area (Å²) in [6.45, 7) is 8.27. The second kappa shape index (κ2) is 12.0. The highest BCUT2D eigenvalue weighted by atomic mass is 32.1. The molecule has 2 aromatic carbocycles. The third-order valence-electron chi connectivity index (χ3n) is 7.37. The fourth-order valence-corrected chi connectivity index (χ4v) is 5.80. The fourth-order valence-electron chi connectivity index (χ4n) is 4.91. The van der Waals surface area contributed by atoms with E-state index in [1.807, 2.05) is 35.4 Å². The zero-order valence-corrected chi connectivity index (χ0v) is 23.6. The maximum Gasteiger partial charge on any atom is 0.416 e. The number of benzene rings is 2. The highest BCUT2D eigenvalue weighted by Gasteiger charge is 2.34. The van der Waals surface area contributed by atoms with Crippen LogP contribution in [0.25, 0.3) is 22.4 Å². The van der Waals surface area contributed by atoms with Crippen LogP contribution in [0.15, 0.2) is 48.1 Å². The van der Waals surface area contributed by atoms with Gasteiger partial charge in [-0.15, -0.1) is 11.3 Å². The first kappa shape index (κ1) is 28.7. The summed E-state index contributed by atoms with van der Waals surface area (Å²) in [5, 5.41) is 4.58. The number of hydrogen-bond acceptors (Lipinski definition) is 7. The summed E-state index contributed by atoms with van der Waals surface area (Å²) in [4.78, 5) is 25.7. The Labute approximate surface area is 240 Å². The largest absolute Gasteiger partial charge is 0.416 e. The molecule has 214 valence electrons. The third kappa shape index (κ3) is 6.58. The molecule has 7 nitrogen and oxygen atoms in total. The Morgan fingerprint density at radius 1 is 1.05 bits per heavy atom. The lowest BCUT2D eigenvalue weighted by atomic mass is 10.0. The Hall–Kier alpha value is -3.80. The molecule has 1 aliphatic rings. The molecule has 0 unspecified atom stereocenters. The molecule has 0 bridgehead atoms. The van der Waals surface area contributed by atoms with Crippen LogP contribution in [-0.2, 0) is 12.7 Å². The van der Waals surface area contributed by atoms with E-state index in [1.165, 1.54) is 29.8 Å². The van der Waals surface area contributed by atoms with Crippen molar-refractivity contribution >= 4 is 51.1 Å². The maximum absolute atomic E-state index is 14.0. The van der Waals surface area contributed by atoms with Crippen LogP contribution < -0.4 is 11.1 Å². The van der Waals surface area contributed by atoms with Gasteiger partial charge < -0.3 is 16.0 Å².